The van der Waals surface area contributed by atoms with Crippen LogP contribution in [0.15, 0.2) is 4.99 Å². The van der Waals surface area contributed by atoms with Crippen molar-refractivity contribution < 1.29 is 4.74 Å². The van der Waals surface area contributed by atoms with Gasteiger partial charge >= 0.3 is 0 Å². The van der Waals surface area contributed by atoms with Gasteiger partial charge in [-0.15, -0.1) is 0 Å². The minimum atomic E-state index is -0.302. The molecule has 94 valence electrons. The Morgan fingerprint density at radius 1 is 1.12 bits per heavy atom. The van der Waals surface area contributed by atoms with Crippen LogP contribution in [0.4, 0.5) is 0 Å². The van der Waals surface area contributed by atoms with E-state index in [1.165, 1.54) is 25.7 Å². The van der Waals surface area contributed by atoms with Crippen molar-refractivity contribution in [3.8, 4) is 0 Å². The van der Waals surface area contributed by atoms with Gasteiger partial charge in [-0.25, -0.2) is 0 Å². The number of rotatable bonds is 2. The molecule has 0 atom stereocenters. The second-order valence-corrected chi connectivity index (χ2v) is 5.78. The van der Waals surface area contributed by atoms with Gasteiger partial charge in [-0.1, -0.05) is 25.7 Å². The van der Waals surface area contributed by atoms with Crippen molar-refractivity contribution in [2.24, 2.45) is 10.7 Å². The van der Waals surface area contributed by atoms with Crippen LogP contribution in [0, 0.1) is 0 Å². The Balaban J connectivity index is 2.89. The van der Waals surface area contributed by atoms with Gasteiger partial charge in [-0.05, 0) is 33.6 Å². The summed E-state index contributed by atoms with van der Waals surface area (Å²) in [7, 11) is 1.76. The molecule has 0 aromatic heterocycles. The highest BCUT2D eigenvalue weighted by atomic mass is 16.5. The number of hydrogen-bond donors (Lipinski definition) is 1. The fraction of sp³-hybridized carbons (Fsp3) is 0.923. The molecule has 1 aliphatic carbocycles. The molecule has 1 aliphatic rings. The van der Waals surface area contributed by atoms with Crippen LogP contribution in [-0.4, -0.2) is 24.1 Å². The molecule has 1 fully saturated rings. The largest absolute Gasteiger partial charge is 0.385 e. The lowest BCUT2D eigenvalue weighted by atomic mass is 9.92. The Morgan fingerprint density at radius 2 is 1.62 bits per heavy atom. The van der Waals surface area contributed by atoms with E-state index in [0.29, 0.717) is 5.84 Å². The van der Waals surface area contributed by atoms with Gasteiger partial charge in [-0.3, -0.25) is 4.99 Å². The first kappa shape index (κ1) is 13.5. The van der Waals surface area contributed by atoms with Crippen LogP contribution in [0.25, 0.3) is 0 Å². The van der Waals surface area contributed by atoms with Crippen molar-refractivity contribution in [3.63, 3.8) is 0 Å². The molecule has 3 heteroatoms. The molecule has 0 radical (unpaired) electrons. The fourth-order valence-corrected chi connectivity index (χ4v) is 2.33. The van der Waals surface area contributed by atoms with E-state index in [1.54, 1.807) is 7.11 Å². The van der Waals surface area contributed by atoms with E-state index in [1.807, 2.05) is 0 Å². The molecule has 1 saturated carbocycles. The quantitative estimate of drug-likeness (QED) is 0.447. The topological polar surface area (TPSA) is 47.6 Å². The van der Waals surface area contributed by atoms with Gasteiger partial charge in [0.05, 0.1) is 5.54 Å². The number of aliphatic imine (C=N–C) groups is 1. The molecule has 0 saturated heterocycles. The van der Waals surface area contributed by atoms with Crippen LogP contribution in [0.1, 0.15) is 59.3 Å². The second kappa shape index (κ2) is 5.17. The van der Waals surface area contributed by atoms with E-state index >= 15 is 0 Å². The molecular weight excluding hydrogens is 200 g/mol. The van der Waals surface area contributed by atoms with Crippen molar-refractivity contribution in [2.75, 3.05) is 7.11 Å². The Kier molecular flexibility index (Phi) is 4.36. The molecule has 0 amide bonds. The Morgan fingerprint density at radius 3 is 2.00 bits per heavy atom. The number of methoxy groups -OCH3 is 1. The van der Waals surface area contributed by atoms with E-state index in [0.717, 1.165) is 12.8 Å². The predicted molar refractivity (Wildman–Crippen MR) is 68.8 cm³/mol. The van der Waals surface area contributed by atoms with Crippen LogP contribution in [0.3, 0.4) is 0 Å². The zero-order valence-corrected chi connectivity index (χ0v) is 11.2. The monoisotopic (exact) mass is 226 g/mol. The lowest BCUT2D eigenvalue weighted by Crippen LogP contribution is -2.46. The smallest absolute Gasteiger partial charge is 0.127 e. The SMILES string of the molecule is COC1(C(N)=NC(C)(C)C)CCCCCC1. The van der Waals surface area contributed by atoms with Crippen LogP contribution in [0.2, 0.25) is 0 Å². The second-order valence-electron chi connectivity index (χ2n) is 5.78. The highest BCUT2D eigenvalue weighted by Crippen LogP contribution is 2.31. The molecule has 16 heavy (non-hydrogen) atoms. The molecular formula is C13H26N2O. The third-order valence-electron chi connectivity index (χ3n) is 3.22. The normalized spacial score (nSPS) is 22.9. The summed E-state index contributed by atoms with van der Waals surface area (Å²) in [6.07, 6.45) is 6.97. The average molecular weight is 226 g/mol. The van der Waals surface area contributed by atoms with E-state index in [9.17, 15) is 0 Å². The molecule has 3 nitrogen and oxygen atoms in total. The summed E-state index contributed by atoms with van der Waals surface area (Å²) in [5, 5.41) is 0. The van der Waals surface area contributed by atoms with E-state index < -0.39 is 0 Å². The standard InChI is InChI=1S/C13H26N2O/c1-12(2,3)15-11(14)13(16-4)9-7-5-6-8-10-13/h5-10H2,1-4H3,(H2,14,15). The number of hydrogen-bond acceptors (Lipinski definition) is 2. The van der Waals surface area contributed by atoms with Crippen molar-refractivity contribution in [2.45, 2.75) is 70.4 Å². The number of amidine groups is 1. The van der Waals surface area contributed by atoms with E-state index in [4.69, 9.17) is 10.5 Å². The van der Waals surface area contributed by atoms with Crippen molar-refractivity contribution >= 4 is 5.84 Å². The molecule has 0 bridgehead atoms. The third kappa shape index (κ3) is 3.48. The van der Waals surface area contributed by atoms with Crippen molar-refractivity contribution in [1.29, 1.82) is 0 Å². The summed E-state index contributed by atoms with van der Waals surface area (Å²) >= 11 is 0. The summed E-state index contributed by atoms with van der Waals surface area (Å²) in [5.74, 6) is 0.685. The molecule has 0 unspecified atom stereocenters. The summed E-state index contributed by atoms with van der Waals surface area (Å²) in [6, 6.07) is 0. The fourth-order valence-electron chi connectivity index (χ4n) is 2.33. The zero-order valence-electron chi connectivity index (χ0n) is 11.2. The lowest BCUT2D eigenvalue weighted by molar-refractivity contribution is 0.0355. The van der Waals surface area contributed by atoms with Crippen LogP contribution < -0.4 is 5.73 Å². The number of ether oxygens (including phenoxy) is 1. The van der Waals surface area contributed by atoms with Crippen LogP contribution in [-0.2, 0) is 4.74 Å². The first-order valence-corrected chi connectivity index (χ1v) is 6.31. The van der Waals surface area contributed by atoms with Gasteiger partial charge in [0.2, 0.25) is 0 Å². The van der Waals surface area contributed by atoms with Gasteiger partial charge in [0.1, 0.15) is 11.4 Å². The van der Waals surface area contributed by atoms with Crippen molar-refractivity contribution in [1.82, 2.24) is 0 Å². The van der Waals surface area contributed by atoms with Gasteiger partial charge in [0, 0.05) is 7.11 Å². The first-order valence-electron chi connectivity index (χ1n) is 6.31. The van der Waals surface area contributed by atoms with E-state index in [2.05, 4.69) is 25.8 Å². The maximum absolute atomic E-state index is 6.17. The molecule has 0 aromatic carbocycles. The highest BCUT2D eigenvalue weighted by molar-refractivity contribution is 5.89. The molecule has 2 N–H and O–H groups in total. The predicted octanol–water partition coefficient (Wildman–Crippen LogP) is 2.88. The Hall–Kier alpha value is -0.570. The zero-order chi connectivity index (χ0) is 12.2. The highest BCUT2D eigenvalue weighted by Gasteiger charge is 2.35. The van der Waals surface area contributed by atoms with Gasteiger partial charge in [0.25, 0.3) is 0 Å². The van der Waals surface area contributed by atoms with E-state index in [-0.39, 0.29) is 11.1 Å². The van der Waals surface area contributed by atoms with Crippen LogP contribution in [0.5, 0.6) is 0 Å². The van der Waals surface area contributed by atoms with Crippen molar-refractivity contribution in [3.05, 3.63) is 0 Å². The molecule has 0 aromatic rings. The Bertz CT molecular complexity index is 245. The minimum Gasteiger partial charge on any atom is -0.385 e. The molecule has 0 spiro atoms. The molecule has 0 aliphatic heterocycles. The summed E-state index contributed by atoms with van der Waals surface area (Å²) < 4.78 is 5.71. The minimum absolute atomic E-state index is 0.123. The maximum atomic E-state index is 6.17. The molecule has 0 heterocycles. The van der Waals surface area contributed by atoms with Crippen LogP contribution >= 0.6 is 0 Å². The summed E-state index contributed by atoms with van der Waals surface area (Å²) in [6.45, 7) is 6.21. The third-order valence-corrected chi connectivity index (χ3v) is 3.22. The maximum Gasteiger partial charge on any atom is 0.127 e. The molecule has 1 rings (SSSR count). The first-order chi connectivity index (χ1) is 7.40. The summed E-state index contributed by atoms with van der Waals surface area (Å²) in [4.78, 5) is 4.59. The number of nitrogens with zero attached hydrogens (tertiary/aromatic N) is 1. The summed E-state index contributed by atoms with van der Waals surface area (Å²) in [5.41, 5.74) is 5.75. The van der Waals surface area contributed by atoms with Gasteiger partial charge in [0.15, 0.2) is 0 Å². The van der Waals surface area contributed by atoms with Gasteiger partial charge < -0.3 is 10.5 Å². The Labute approximate surface area is 99.5 Å². The number of nitrogens with two attached hydrogens (primary N) is 1. The lowest BCUT2D eigenvalue weighted by Gasteiger charge is -2.32. The average Bonchev–Trinajstić information content (AvgIpc) is 2.40. The van der Waals surface area contributed by atoms with Gasteiger partial charge in [-0.2, -0.15) is 0 Å².